The summed E-state index contributed by atoms with van der Waals surface area (Å²) in [6, 6.07) is 0. The lowest BCUT2D eigenvalue weighted by Crippen LogP contribution is -2.50. The monoisotopic (exact) mass is 772 g/mol. The van der Waals surface area contributed by atoms with Crippen molar-refractivity contribution in [1.82, 2.24) is 39.0 Å². The fourth-order valence-corrected chi connectivity index (χ4v) is 8.99. The SMILES string of the molecule is CC(C)(C)[Si](C)(C)OC1[C@H]2COP(=O)([O-])O[C@@H]3C(F)[C@H](n4cnc5c(N)ncnc54)O[C@@H]3COP(=O)([O-])O[C@@H]1[C@H](n1cnc3c(N)ncnc31)O2. The molecule has 0 radical (unpaired) electrons. The Morgan fingerprint density at radius 1 is 0.824 bits per heavy atom. The Kier molecular flexibility index (Phi) is 9.12. The van der Waals surface area contributed by atoms with Crippen molar-refractivity contribution in [3.05, 3.63) is 25.3 Å². The van der Waals surface area contributed by atoms with E-state index in [1.165, 1.54) is 17.2 Å². The van der Waals surface area contributed by atoms with Crippen LogP contribution in [0.25, 0.3) is 22.3 Å². The summed E-state index contributed by atoms with van der Waals surface area (Å²) in [5.74, 6) is 0.0459. The first-order valence-electron chi connectivity index (χ1n) is 15.6. The summed E-state index contributed by atoms with van der Waals surface area (Å²) < 4.78 is 85.8. The zero-order valence-corrected chi connectivity index (χ0v) is 30.6. The Labute approximate surface area is 290 Å². The molecule has 0 aliphatic carbocycles. The number of phosphoric acid groups is 2. The Morgan fingerprint density at radius 2 is 1.31 bits per heavy atom. The number of anilines is 2. The molecule has 7 rings (SSSR count). The predicted molar refractivity (Wildman–Crippen MR) is 171 cm³/mol. The molecule has 278 valence electrons. The van der Waals surface area contributed by atoms with E-state index in [1.54, 1.807) is 0 Å². The van der Waals surface area contributed by atoms with Crippen LogP contribution in [0.15, 0.2) is 25.3 Å². The standard InChI is InChI=1S/C26H37FN10O11P2Si/c1-26(2,3)51(4,5)48-18-13-7-43-49(38,39)46-17-12(44-24(14(17)27)36-10-34-15-20(28)30-8-32-22(15)36)6-42-50(40,41)47-19(18)25(45-13)37-11-35-16-21(29)31-9-33-23(16)37/h8-14,17-19,24-25H,6-7H2,1-5H3,(H,38,39)(H,40,41)(H2,28,30,32)(H2,29,31,33)/p-2/t12-,13-,14?,17+,18?,19+,24-,25-/m1/s1. The largest absolute Gasteiger partial charge is 0.756 e. The van der Waals surface area contributed by atoms with Gasteiger partial charge >= 0.3 is 0 Å². The molecular formula is C26H35FN10O11P2Si-2. The minimum absolute atomic E-state index is 0.00166. The minimum Gasteiger partial charge on any atom is -0.756 e. The molecule has 3 aliphatic heterocycles. The summed E-state index contributed by atoms with van der Waals surface area (Å²) in [5.41, 5.74) is 12.4. The maximum absolute atomic E-state index is 16.1. The maximum atomic E-state index is 16.1. The van der Waals surface area contributed by atoms with Crippen LogP contribution < -0.4 is 21.3 Å². The highest BCUT2D eigenvalue weighted by Gasteiger charge is 2.55. The second-order valence-electron chi connectivity index (χ2n) is 13.7. The van der Waals surface area contributed by atoms with Crippen molar-refractivity contribution in [3.63, 3.8) is 0 Å². The van der Waals surface area contributed by atoms with Crippen molar-refractivity contribution in [2.75, 3.05) is 24.7 Å². The summed E-state index contributed by atoms with van der Waals surface area (Å²) in [5, 5.41) is -0.401. The van der Waals surface area contributed by atoms with E-state index in [0.717, 1.165) is 17.2 Å². The van der Waals surface area contributed by atoms with Crippen molar-refractivity contribution < 1.29 is 55.3 Å². The topological polar surface area (TPSA) is 284 Å². The number of nitrogens with two attached hydrogens (primary N) is 2. The van der Waals surface area contributed by atoms with E-state index in [4.69, 9.17) is 43.5 Å². The van der Waals surface area contributed by atoms with Gasteiger partial charge in [0.05, 0.1) is 25.9 Å². The number of nitrogen functional groups attached to an aromatic ring is 2. The molecule has 0 amide bonds. The molecule has 4 aromatic rings. The molecule has 7 heterocycles. The summed E-state index contributed by atoms with van der Waals surface area (Å²) in [6.07, 6.45) is -8.03. The molecular weight excluding hydrogens is 737 g/mol. The second-order valence-corrected chi connectivity index (χ2v) is 21.2. The molecule has 0 aromatic carbocycles. The van der Waals surface area contributed by atoms with E-state index >= 15 is 4.39 Å². The van der Waals surface area contributed by atoms with Crippen LogP contribution in [0.1, 0.15) is 33.2 Å². The molecule has 4 unspecified atom stereocenters. The van der Waals surface area contributed by atoms with Crippen LogP contribution in [0, 0.1) is 0 Å². The Balaban J connectivity index is 1.25. The number of hydrogen-bond acceptors (Lipinski definition) is 19. The van der Waals surface area contributed by atoms with Gasteiger partial charge in [-0.05, 0) is 18.1 Å². The summed E-state index contributed by atoms with van der Waals surface area (Å²) in [7, 11) is -13.5. The van der Waals surface area contributed by atoms with Crippen LogP contribution in [0.2, 0.25) is 18.1 Å². The number of ether oxygens (including phenoxy) is 2. The Bertz CT molecular complexity index is 2050. The Morgan fingerprint density at radius 3 is 1.86 bits per heavy atom. The van der Waals surface area contributed by atoms with Crippen LogP contribution in [0.4, 0.5) is 16.0 Å². The van der Waals surface area contributed by atoms with Gasteiger partial charge in [-0.2, -0.15) is 0 Å². The van der Waals surface area contributed by atoms with Gasteiger partial charge in [0.2, 0.25) is 0 Å². The summed E-state index contributed by atoms with van der Waals surface area (Å²) in [4.78, 5) is 51.4. The summed E-state index contributed by atoms with van der Waals surface area (Å²) in [6.45, 7) is 7.99. The lowest BCUT2D eigenvalue weighted by atomic mass is 10.1. The maximum Gasteiger partial charge on any atom is 0.268 e. The van der Waals surface area contributed by atoms with Crippen molar-refractivity contribution >= 4 is 57.9 Å². The molecule has 4 aromatic heterocycles. The molecule has 21 nitrogen and oxygen atoms in total. The van der Waals surface area contributed by atoms with Crippen LogP contribution >= 0.6 is 15.6 Å². The highest BCUT2D eigenvalue weighted by atomic mass is 31.2. The van der Waals surface area contributed by atoms with E-state index in [1.807, 2.05) is 33.9 Å². The van der Waals surface area contributed by atoms with Gasteiger partial charge in [-0.1, -0.05) is 20.8 Å². The average molecular weight is 773 g/mol. The smallest absolute Gasteiger partial charge is 0.268 e. The van der Waals surface area contributed by atoms with Crippen LogP contribution in [0.3, 0.4) is 0 Å². The first kappa shape index (κ1) is 36.3. The molecule has 3 saturated heterocycles. The zero-order chi connectivity index (χ0) is 36.7. The average Bonchev–Trinajstić information content (AvgIpc) is 3.80. The van der Waals surface area contributed by atoms with Crippen LogP contribution in [-0.2, 0) is 41.1 Å². The number of nitrogens with zero attached hydrogens (tertiary/aromatic N) is 8. The second kappa shape index (κ2) is 12.8. The summed E-state index contributed by atoms with van der Waals surface area (Å²) >= 11 is 0. The molecule has 3 aliphatic rings. The van der Waals surface area contributed by atoms with E-state index in [9.17, 15) is 18.9 Å². The molecule has 0 spiro atoms. The van der Waals surface area contributed by atoms with Crippen molar-refractivity contribution in [2.45, 2.75) is 88.1 Å². The molecule has 51 heavy (non-hydrogen) atoms. The van der Waals surface area contributed by atoms with E-state index in [0.29, 0.717) is 0 Å². The van der Waals surface area contributed by atoms with Gasteiger partial charge in [0.1, 0.15) is 54.2 Å². The number of fused-ring (bicyclic) bond motifs is 5. The number of rotatable bonds is 4. The van der Waals surface area contributed by atoms with E-state index in [2.05, 4.69) is 29.9 Å². The van der Waals surface area contributed by atoms with Crippen molar-refractivity contribution in [2.24, 2.45) is 0 Å². The van der Waals surface area contributed by atoms with Gasteiger partial charge in [0, 0.05) is 0 Å². The third kappa shape index (κ3) is 6.70. The van der Waals surface area contributed by atoms with Gasteiger partial charge in [0.15, 0.2) is 49.9 Å². The first-order chi connectivity index (χ1) is 23.9. The van der Waals surface area contributed by atoms with Gasteiger partial charge in [-0.15, -0.1) is 0 Å². The highest BCUT2D eigenvalue weighted by Crippen LogP contribution is 2.53. The minimum atomic E-state index is -5.38. The Hall–Kier alpha value is -3.05. The number of alkyl halides is 1. The third-order valence-electron chi connectivity index (χ3n) is 9.41. The number of halogens is 1. The molecule has 0 saturated carbocycles. The van der Waals surface area contributed by atoms with E-state index in [-0.39, 0.29) is 34.0 Å². The van der Waals surface area contributed by atoms with Gasteiger partial charge < -0.3 is 53.2 Å². The number of imidazole rings is 2. The fraction of sp³-hybridized carbons (Fsp3) is 0.615. The molecule has 3 fully saturated rings. The lowest BCUT2D eigenvalue weighted by Gasteiger charge is -2.41. The molecule has 25 heteroatoms. The fourth-order valence-electron chi connectivity index (χ4n) is 5.82. The normalized spacial score (nSPS) is 35.4. The van der Waals surface area contributed by atoms with Gasteiger partial charge in [-0.25, -0.2) is 34.3 Å². The molecule has 10 atom stereocenters. The zero-order valence-electron chi connectivity index (χ0n) is 27.8. The van der Waals surface area contributed by atoms with Gasteiger partial charge in [0.25, 0.3) is 15.6 Å². The quantitative estimate of drug-likeness (QED) is 0.217. The lowest BCUT2D eigenvalue weighted by molar-refractivity contribution is -0.240. The molecule has 4 N–H and O–H groups in total. The number of hydrogen-bond donors (Lipinski definition) is 2. The predicted octanol–water partition coefficient (Wildman–Crippen LogP) is 1.11. The first-order valence-corrected chi connectivity index (χ1v) is 21.5. The van der Waals surface area contributed by atoms with Crippen LogP contribution in [-0.4, -0.2) is 97.3 Å². The van der Waals surface area contributed by atoms with Crippen LogP contribution in [0.5, 0.6) is 0 Å². The number of aromatic nitrogens is 8. The number of phosphoric ester groups is 2. The highest BCUT2D eigenvalue weighted by molar-refractivity contribution is 7.46. The molecule has 2 bridgehead atoms. The van der Waals surface area contributed by atoms with Gasteiger partial charge in [-0.3, -0.25) is 18.3 Å². The van der Waals surface area contributed by atoms with Crippen molar-refractivity contribution in [3.8, 4) is 0 Å². The van der Waals surface area contributed by atoms with Crippen molar-refractivity contribution in [1.29, 1.82) is 0 Å². The van der Waals surface area contributed by atoms with E-state index < -0.39 is 91.4 Å². The third-order valence-corrected chi connectivity index (χ3v) is 15.8.